The van der Waals surface area contributed by atoms with Gasteiger partial charge >= 0.3 is 5.97 Å². The largest absolute Gasteiger partial charge is 0.396 e. The molecule has 0 aromatic carbocycles. The average molecular weight is 410 g/mol. The molecule has 1 fully saturated rings. The first-order valence-electron chi connectivity index (χ1n) is 6.74. The molecule has 1 aliphatic heterocycles. The van der Waals surface area contributed by atoms with Crippen molar-refractivity contribution in [3.8, 4) is 0 Å². The predicted molar refractivity (Wildman–Crippen MR) is 82.6 cm³/mol. The number of carbonyl (C=O) groups is 3. The van der Waals surface area contributed by atoms with Crippen molar-refractivity contribution in [1.82, 2.24) is 8.18 Å². The zero-order valence-electron chi connectivity index (χ0n) is 11.7. The van der Waals surface area contributed by atoms with Gasteiger partial charge in [-0.3, -0.25) is 9.59 Å². The quantitative estimate of drug-likeness (QED) is 0.267. The molecule has 1 aliphatic rings. The van der Waals surface area contributed by atoms with Crippen LogP contribution in [0.2, 0.25) is 0 Å². The summed E-state index contributed by atoms with van der Waals surface area (Å²) in [6, 6.07) is 0. The van der Waals surface area contributed by atoms with Gasteiger partial charge in [-0.15, -0.1) is 5.06 Å². The first kappa shape index (κ1) is 17.9. The van der Waals surface area contributed by atoms with E-state index in [-0.39, 0.29) is 25.9 Å². The van der Waals surface area contributed by atoms with Crippen LogP contribution in [0.25, 0.3) is 0 Å². The van der Waals surface area contributed by atoms with E-state index in [0.29, 0.717) is 17.9 Å². The number of hydrogen-bond donors (Lipinski definition) is 1. The molecule has 0 spiro atoms. The van der Waals surface area contributed by atoms with Gasteiger partial charge in [-0.05, 0) is 19.3 Å². The minimum Gasteiger partial charge on any atom is -0.396 e. The van der Waals surface area contributed by atoms with Gasteiger partial charge in [0.2, 0.25) is 0 Å². The zero-order valence-corrected chi connectivity index (χ0v) is 13.9. The second-order valence-corrected chi connectivity index (χ2v) is 5.79. The van der Waals surface area contributed by atoms with E-state index in [2.05, 4.69) is 29.4 Å². The molecule has 1 heterocycles. The second kappa shape index (κ2) is 8.98. The molecule has 0 aromatic heterocycles. The Kier molecular flexibility index (Phi) is 7.65. The Morgan fingerprint density at radius 2 is 1.90 bits per heavy atom. The Labute approximate surface area is 137 Å². The molecule has 2 amide bonds. The third-order valence-electron chi connectivity index (χ3n) is 2.92. The number of imide groups is 1. The molecule has 0 aliphatic carbocycles. The SMILES string of the molecule is C=C(CCC(=O)ON1C(=O)CCC1=O)N(I)CCCCO. The van der Waals surface area contributed by atoms with Crippen molar-refractivity contribution in [2.24, 2.45) is 0 Å². The van der Waals surface area contributed by atoms with Gasteiger partial charge in [0.1, 0.15) is 0 Å². The molecule has 118 valence electrons. The lowest BCUT2D eigenvalue weighted by Gasteiger charge is -2.19. The summed E-state index contributed by atoms with van der Waals surface area (Å²) < 4.78 is 1.88. The number of hydrogen-bond acceptors (Lipinski definition) is 6. The maximum atomic E-state index is 11.6. The van der Waals surface area contributed by atoms with Crippen LogP contribution in [-0.4, -0.2) is 44.2 Å². The Hall–Kier alpha value is -1.16. The van der Waals surface area contributed by atoms with Gasteiger partial charge in [0.15, 0.2) is 0 Å². The monoisotopic (exact) mass is 410 g/mol. The van der Waals surface area contributed by atoms with Crippen LogP contribution < -0.4 is 0 Å². The summed E-state index contributed by atoms with van der Waals surface area (Å²) >= 11 is 2.09. The number of aliphatic hydroxyl groups excluding tert-OH is 1. The first-order chi connectivity index (χ1) is 9.95. The Bertz CT molecular complexity index is 411. The molecule has 1 rings (SSSR count). The molecule has 1 N–H and O–H groups in total. The molecule has 0 aromatic rings. The summed E-state index contributed by atoms with van der Waals surface area (Å²) in [6.07, 6.45) is 2.16. The fourth-order valence-corrected chi connectivity index (χ4v) is 2.28. The van der Waals surface area contributed by atoms with Crippen molar-refractivity contribution in [3.63, 3.8) is 0 Å². The van der Waals surface area contributed by atoms with Crippen LogP contribution in [0.5, 0.6) is 0 Å². The number of hydroxylamine groups is 2. The van der Waals surface area contributed by atoms with Gasteiger partial charge in [-0.2, -0.15) is 0 Å². The number of aliphatic hydroxyl groups is 1. The van der Waals surface area contributed by atoms with E-state index < -0.39 is 17.8 Å². The van der Waals surface area contributed by atoms with Gasteiger partial charge in [0.25, 0.3) is 11.8 Å². The summed E-state index contributed by atoms with van der Waals surface area (Å²) in [5.41, 5.74) is 0.754. The minimum atomic E-state index is -0.625. The summed E-state index contributed by atoms with van der Waals surface area (Å²) in [5.74, 6) is -1.58. The molecule has 0 atom stereocenters. The van der Waals surface area contributed by atoms with Crippen LogP contribution >= 0.6 is 22.9 Å². The Morgan fingerprint density at radius 1 is 1.29 bits per heavy atom. The number of allylic oxidation sites excluding steroid dienone is 1. The summed E-state index contributed by atoms with van der Waals surface area (Å²) in [4.78, 5) is 39.0. The van der Waals surface area contributed by atoms with Crippen molar-refractivity contribution < 1.29 is 24.3 Å². The molecule has 0 radical (unpaired) electrons. The van der Waals surface area contributed by atoms with Gasteiger partial charge < -0.3 is 13.1 Å². The lowest BCUT2D eigenvalue weighted by atomic mass is 10.2. The molecule has 21 heavy (non-hydrogen) atoms. The highest BCUT2D eigenvalue weighted by molar-refractivity contribution is 14.1. The van der Waals surface area contributed by atoms with E-state index in [0.717, 1.165) is 18.7 Å². The predicted octanol–water partition coefficient (Wildman–Crippen LogP) is 1.31. The summed E-state index contributed by atoms with van der Waals surface area (Å²) in [5, 5.41) is 9.26. The lowest BCUT2D eigenvalue weighted by molar-refractivity contribution is -0.197. The van der Waals surface area contributed by atoms with Crippen molar-refractivity contribution >= 4 is 40.6 Å². The molecule has 1 saturated heterocycles. The van der Waals surface area contributed by atoms with Gasteiger partial charge in [-0.1, -0.05) is 6.58 Å². The third kappa shape index (κ3) is 6.00. The van der Waals surface area contributed by atoms with Crippen molar-refractivity contribution in [3.05, 3.63) is 12.3 Å². The third-order valence-corrected chi connectivity index (χ3v) is 4.09. The van der Waals surface area contributed by atoms with Crippen LogP contribution in [0.4, 0.5) is 0 Å². The second-order valence-electron chi connectivity index (χ2n) is 4.63. The van der Waals surface area contributed by atoms with E-state index in [9.17, 15) is 14.4 Å². The number of halogens is 1. The average Bonchev–Trinajstić information content (AvgIpc) is 2.76. The number of unbranched alkanes of at least 4 members (excludes halogenated alkanes) is 1. The normalized spacial score (nSPS) is 14.5. The Balaban J connectivity index is 2.27. The molecule has 0 bridgehead atoms. The topological polar surface area (TPSA) is 87.2 Å². The number of rotatable bonds is 9. The highest BCUT2D eigenvalue weighted by Gasteiger charge is 2.32. The van der Waals surface area contributed by atoms with E-state index >= 15 is 0 Å². The highest BCUT2D eigenvalue weighted by atomic mass is 127. The van der Waals surface area contributed by atoms with Crippen LogP contribution in [0.15, 0.2) is 12.3 Å². The van der Waals surface area contributed by atoms with Gasteiger partial charge in [-0.25, -0.2) is 4.79 Å². The molecular weight excluding hydrogens is 391 g/mol. The van der Waals surface area contributed by atoms with Crippen LogP contribution in [0.1, 0.15) is 38.5 Å². The maximum absolute atomic E-state index is 11.6. The van der Waals surface area contributed by atoms with Crippen LogP contribution in [0.3, 0.4) is 0 Å². The molecular formula is C13H19IN2O5. The van der Waals surface area contributed by atoms with E-state index in [1.807, 2.05) is 3.11 Å². The molecule has 0 unspecified atom stereocenters. The Morgan fingerprint density at radius 3 is 2.48 bits per heavy atom. The minimum absolute atomic E-state index is 0.0510. The van der Waals surface area contributed by atoms with Crippen molar-refractivity contribution in [2.45, 2.75) is 38.5 Å². The van der Waals surface area contributed by atoms with E-state index in [4.69, 9.17) is 9.94 Å². The fourth-order valence-electron chi connectivity index (χ4n) is 1.69. The summed E-state index contributed by atoms with van der Waals surface area (Å²) in [7, 11) is 0. The van der Waals surface area contributed by atoms with Crippen LogP contribution in [0, 0.1) is 0 Å². The highest BCUT2D eigenvalue weighted by Crippen LogP contribution is 2.17. The molecule has 7 nitrogen and oxygen atoms in total. The summed E-state index contributed by atoms with van der Waals surface area (Å²) in [6.45, 7) is 4.76. The van der Waals surface area contributed by atoms with Gasteiger partial charge in [0, 0.05) is 31.7 Å². The van der Waals surface area contributed by atoms with E-state index in [1.54, 1.807) is 0 Å². The number of amides is 2. The van der Waals surface area contributed by atoms with Gasteiger partial charge in [0.05, 0.1) is 29.3 Å². The number of nitrogens with zero attached hydrogens (tertiary/aromatic N) is 2. The maximum Gasteiger partial charge on any atom is 0.333 e. The molecule has 8 heteroatoms. The fraction of sp³-hybridized carbons (Fsp3) is 0.615. The van der Waals surface area contributed by atoms with E-state index in [1.165, 1.54) is 0 Å². The van der Waals surface area contributed by atoms with Crippen molar-refractivity contribution in [1.29, 1.82) is 0 Å². The smallest absolute Gasteiger partial charge is 0.333 e. The molecule has 0 saturated carbocycles. The van der Waals surface area contributed by atoms with Crippen molar-refractivity contribution in [2.75, 3.05) is 13.2 Å². The number of carbonyl (C=O) groups excluding carboxylic acids is 3. The lowest BCUT2D eigenvalue weighted by Crippen LogP contribution is -2.32. The zero-order chi connectivity index (χ0) is 15.8. The standard InChI is InChI=1S/C13H19IN2O5/c1-10(15(14)8-2-3-9-17)4-7-13(20)21-16-11(18)5-6-12(16)19/h17H,1-9H2. The van der Waals surface area contributed by atoms with Crippen LogP contribution in [-0.2, 0) is 19.2 Å². The first-order valence-corrected chi connectivity index (χ1v) is 7.70.